The molecule has 0 saturated carbocycles. The average molecular weight is 518 g/mol. The van der Waals surface area contributed by atoms with E-state index in [1.54, 1.807) is 42.5 Å². The van der Waals surface area contributed by atoms with Gasteiger partial charge in [-0.15, -0.1) is 0 Å². The van der Waals surface area contributed by atoms with E-state index in [0.717, 1.165) is 5.56 Å². The number of carbonyl (C=O) groups is 2. The van der Waals surface area contributed by atoms with Crippen molar-refractivity contribution >= 4 is 39.9 Å². The third kappa shape index (κ3) is 4.32. The van der Waals surface area contributed by atoms with Gasteiger partial charge in [0.1, 0.15) is 5.75 Å². The number of amides is 1. The molecule has 0 fully saturated rings. The van der Waals surface area contributed by atoms with Gasteiger partial charge in [-0.3, -0.25) is 14.5 Å². The van der Waals surface area contributed by atoms with Gasteiger partial charge in [0.15, 0.2) is 22.9 Å². The lowest BCUT2D eigenvalue weighted by atomic mass is 9.94. The summed E-state index contributed by atoms with van der Waals surface area (Å²) >= 11 is 6.18. The van der Waals surface area contributed by atoms with Crippen LogP contribution in [0.1, 0.15) is 34.6 Å². The Balaban J connectivity index is 1.65. The van der Waals surface area contributed by atoms with Crippen LogP contribution in [0.25, 0.3) is 11.0 Å². The van der Waals surface area contributed by atoms with Gasteiger partial charge in [-0.25, -0.2) is 0 Å². The van der Waals surface area contributed by atoms with Gasteiger partial charge in [0, 0.05) is 22.2 Å². The van der Waals surface area contributed by atoms with Crippen molar-refractivity contribution in [1.82, 2.24) is 0 Å². The largest absolute Gasteiger partial charge is 0.503 e. The van der Waals surface area contributed by atoms with Gasteiger partial charge in [-0.1, -0.05) is 35.9 Å². The lowest BCUT2D eigenvalue weighted by molar-refractivity contribution is -0.117. The van der Waals surface area contributed by atoms with Crippen molar-refractivity contribution in [3.63, 3.8) is 0 Å². The Hall–Kier alpha value is -4.23. The van der Waals surface area contributed by atoms with Crippen molar-refractivity contribution in [1.29, 1.82) is 0 Å². The lowest BCUT2D eigenvalue weighted by Crippen LogP contribution is -2.31. The Morgan fingerprint density at radius 2 is 1.86 bits per heavy atom. The number of nitrogens with zero attached hydrogens (tertiary/aromatic N) is 1. The van der Waals surface area contributed by atoms with Crippen LogP contribution in [0.4, 0.5) is 5.69 Å². The summed E-state index contributed by atoms with van der Waals surface area (Å²) in [4.78, 5) is 28.7. The van der Waals surface area contributed by atoms with Crippen LogP contribution in [0.3, 0.4) is 0 Å². The van der Waals surface area contributed by atoms with E-state index in [1.807, 2.05) is 32.0 Å². The number of aliphatic hydroxyl groups excluding tert-OH is 1. The third-order valence-electron chi connectivity index (χ3n) is 6.23. The summed E-state index contributed by atoms with van der Waals surface area (Å²) in [6, 6.07) is 18.3. The number of methoxy groups -OCH3 is 1. The second-order valence-corrected chi connectivity index (χ2v) is 9.08. The van der Waals surface area contributed by atoms with Crippen molar-refractivity contribution in [3.05, 3.63) is 100.0 Å². The number of anilines is 1. The molecule has 2 heterocycles. The van der Waals surface area contributed by atoms with Crippen molar-refractivity contribution in [2.45, 2.75) is 19.9 Å². The Morgan fingerprint density at radius 3 is 2.54 bits per heavy atom. The first-order valence-electron chi connectivity index (χ1n) is 11.7. The maximum absolute atomic E-state index is 13.9. The molecule has 0 bridgehead atoms. The number of Topliss-reactive ketones (excluding diaryl/α,β-unsaturated/α-hetero) is 1. The van der Waals surface area contributed by atoms with Gasteiger partial charge >= 0.3 is 0 Å². The number of halogens is 1. The monoisotopic (exact) mass is 517 g/mol. The summed E-state index contributed by atoms with van der Waals surface area (Å²) in [5.74, 6) is -0.951. The Labute approximate surface area is 218 Å². The number of ketones is 1. The van der Waals surface area contributed by atoms with Gasteiger partial charge in [0.25, 0.3) is 5.91 Å². The highest BCUT2D eigenvalue weighted by molar-refractivity contribution is 6.31. The molecule has 3 aromatic carbocycles. The molecule has 5 rings (SSSR count). The summed E-state index contributed by atoms with van der Waals surface area (Å²) in [6.07, 6.45) is 0. The van der Waals surface area contributed by atoms with Gasteiger partial charge in [0.05, 0.1) is 25.3 Å². The first-order chi connectivity index (χ1) is 17.8. The fourth-order valence-corrected chi connectivity index (χ4v) is 4.81. The summed E-state index contributed by atoms with van der Waals surface area (Å²) in [5, 5.41) is 12.0. The number of benzene rings is 3. The molecular weight excluding hydrogens is 494 g/mol. The molecule has 1 atom stereocenters. The smallest absolute Gasteiger partial charge is 0.294 e. The zero-order valence-corrected chi connectivity index (χ0v) is 21.2. The molecule has 1 amide bonds. The highest BCUT2D eigenvalue weighted by atomic mass is 35.5. The number of aryl methyl sites for hydroxylation is 1. The van der Waals surface area contributed by atoms with Crippen LogP contribution < -0.4 is 14.4 Å². The van der Waals surface area contributed by atoms with Gasteiger partial charge < -0.3 is 19.0 Å². The standard InChI is InChI=1S/C29H24ClNO6/c1-4-36-21-10-8-17(9-11-21)25-24(27(33)29(34)31(25)20-7-5-6-16(2)12-20)26(32)22-14-18-13-19(30)15-23(35-3)28(18)37-22/h5-15,25,33H,4H2,1-3H3. The summed E-state index contributed by atoms with van der Waals surface area (Å²) in [7, 11) is 1.47. The average Bonchev–Trinajstić information content (AvgIpc) is 3.42. The number of rotatable bonds is 7. The van der Waals surface area contributed by atoms with Crippen LogP contribution >= 0.6 is 11.6 Å². The highest BCUT2D eigenvalue weighted by Crippen LogP contribution is 2.43. The molecule has 7 nitrogen and oxygen atoms in total. The molecule has 4 aromatic rings. The maximum Gasteiger partial charge on any atom is 0.294 e. The first kappa shape index (κ1) is 24.5. The van der Waals surface area contributed by atoms with Gasteiger partial charge in [-0.2, -0.15) is 0 Å². The second kappa shape index (κ2) is 9.67. The number of furan rings is 1. The second-order valence-electron chi connectivity index (χ2n) is 8.65. The van der Waals surface area contributed by atoms with Crippen LogP contribution in [0.5, 0.6) is 11.5 Å². The molecule has 1 aromatic heterocycles. The van der Waals surface area contributed by atoms with E-state index < -0.39 is 23.5 Å². The summed E-state index contributed by atoms with van der Waals surface area (Å²) in [6.45, 7) is 4.29. The SMILES string of the molecule is CCOc1ccc(C2C(C(=O)c3cc4cc(Cl)cc(OC)c4o3)=C(O)C(=O)N2c2cccc(C)c2)cc1. The van der Waals surface area contributed by atoms with Gasteiger partial charge in [0.2, 0.25) is 5.78 Å². The molecule has 1 aliphatic rings. The molecular formula is C29H24ClNO6. The minimum atomic E-state index is -0.892. The predicted molar refractivity (Wildman–Crippen MR) is 141 cm³/mol. The molecule has 0 saturated heterocycles. The minimum Gasteiger partial charge on any atom is -0.503 e. The first-order valence-corrected chi connectivity index (χ1v) is 12.1. The molecule has 0 aliphatic carbocycles. The molecule has 8 heteroatoms. The van der Waals surface area contributed by atoms with E-state index in [1.165, 1.54) is 18.1 Å². The molecule has 1 aliphatic heterocycles. The summed E-state index contributed by atoms with van der Waals surface area (Å²) < 4.78 is 16.8. The van der Waals surface area contributed by atoms with E-state index in [9.17, 15) is 14.7 Å². The van der Waals surface area contributed by atoms with Crippen molar-refractivity contribution in [2.24, 2.45) is 0 Å². The molecule has 37 heavy (non-hydrogen) atoms. The normalized spacial score (nSPS) is 15.5. The quantitative estimate of drug-likeness (QED) is 0.278. The Kier molecular flexibility index (Phi) is 6.39. The van der Waals surface area contributed by atoms with E-state index in [4.69, 9.17) is 25.5 Å². The lowest BCUT2D eigenvalue weighted by Gasteiger charge is -2.27. The molecule has 0 radical (unpaired) electrons. The van der Waals surface area contributed by atoms with Crippen molar-refractivity contribution in [2.75, 3.05) is 18.6 Å². The maximum atomic E-state index is 13.9. The highest BCUT2D eigenvalue weighted by Gasteiger charge is 2.45. The zero-order valence-electron chi connectivity index (χ0n) is 20.4. The fourth-order valence-electron chi connectivity index (χ4n) is 4.59. The zero-order chi connectivity index (χ0) is 26.3. The van der Waals surface area contributed by atoms with Crippen LogP contribution in [-0.2, 0) is 4.79 Å². The fraction of sp³-hybridized carbons (Fsp3) is 0.172. The van der Waals surface area contributed by atoms with Gasteiger partial charge in [-0.05, 0) is 61.4 Å². The number of hydrogen-bond donors (Lipinski definition) is 1. The molecule has 188 valence electrons. The third-order valence-corrected chi connectivity index (χ3v) is 6.45. The van der Waals surface area contributed by atoms with Crippen LogP contribution in [0.2, 0.25) is 5.02 Å². The van der Waals surface area contributed by atoms with Crippen LogP contribution in [0, 0.1) is 6.92 Å². The predicted octanol–water partition coefficient (Wildman–Crippen LogP) is 6.58. The number of carbonyl (C=O) groups excluding carboxylic acids is 2. The van der Waals surface area contributed by atoms with E-state index in [-0.39, 0.29) is 11.3 Å². The molecule has 1 N–H and O–H groups in total. The number of ether oxygens (including phenoxy) is 2. The number of aliphatic hydroxyl groups is 1. The number of fused-ring (bicyclic) bond motifs is 1. The Bertz CT molecular complexity index is 1550. The van der Waals surface area contributed by atoms with E-state index >= 15 is 0 Å². The molecule has 1 unspecified atom stereocenters. The molecule has 0 spiro atoms. The van der Waals surface area contributed by atoms with Crippen molar-refractivity contribution in [3.8, 4) is 11.5 Å². The topological polar surface area (TPSA) is 89.2 Å². The Morgan fingerprint density at radius 1 is 1.11 bits per heavy atom. The van der Waals surface area contributed by atoms with Crippen LogP contribution in [-0.4, -0.2) is 30.5 Å². The van der Waals surface area contributed by atoms with Crippen LogP contribution in [0.15, 0.2) is 82.5 Å². The van der Waals surface area contributed by atoms with E-state index in [2.05, 4.69) is 0 Å². The van der Waals surface area contributed by atoms with Crippen molar-refractivity contribution < 1.29 is 28.6 Å². The minimum absolute atomic E-state index is 0.0491. The van der Waals surface area contributed by atoms with E-state index in [0.29, 0.717) is 45.3 Å². The number of hydrogen-bond acceptors (Lipinski definition) is 6. The summed E-state index contributed by atoms with van der Waals surface area (Å²) in [5.41, 5.74) is 2.36.